The van der Waals surface area contributed by atoms with Gasteiger partial charge >= 0.3 is 6.18 Å². The van der Waals surface area contributed by atoms with E-state index in [0.717, 1.165) is 18.2 Å². The van der Waals surface area contributed by atoms with Gasteiger partial charge in [0.05, 0.1) is 52.0 Å². The van der Waals surface area contributed by atoms with Crippen LogP contribution in [0.25, 0.3) is 10.9 Å². The number of benzene rings is 2. The van der Waals surface area contributed by atoms with Crippen LogP contribution in [0.4, 0.5) is 18.9 Å². The molecule has 9 nitrogen and oxygen atoms in total. The van der Waals surface area contributed by atoms with Crippen LogP contribution in [-0.4, -0.2) is 49.1 Å². The zero-order valence-corrected chi connectivity index (χ0v) is 21.4. The number of fused-ring (bicyclic) bond motifs is 1. The van der Waals surface area contributed by atoms with Gasteiger partial charge in [-0.15, -0.1) is 0 Å². The van der Waals surface area contributed by atoms with Crippen molar-refractivity contribution in [3.05, 3.63) is 69.0 Å². The molecule has 39 heavy (non-hydrogen) atoms. The van der Waals surface area contributed by atoms with Crippen molar-refractivity contribution >= 4 is 28.4 Å². The molecular weight excluding hydrogens is 515 g/mol. The van der Waals surface area contributed by atoms with Gasteiger partial charge in [-0.25, -0.2) is 0 Å². The van der Waals surface area contributed by atoms with Crippen LogP contribution in [0.15, 0.2) is 41.2 Å². The maximum absolute atomic E-state index is 14.1. The summed E-state index contributed by atoms with van der Waals surface area (Å²) in [5, 5.41) is 15.1. The lowest BCUT2D eigenvalue weighted by molar-refractivity contribution is -0.137. The van der Waals surface area contributed by atoms with Crippen LogP contribution in [0.2, 0.25) is 0 Å². The van der Waals surface area contributed by atoms with Gasteiger partial charge in [-0.1, -0.05) is 6.07 Å². The highest BCUT2D eigenvalue weighted by atomic mass is 19.4. The SMILES string of the molecule is COc1cccc2[nH]c(=O)cc(C(=O)N[C@@H]3CCN(c4c(C(=O)NC(C)C)cc(C#N)cc4C(F)(F)F)C3)c12. The number of carbonyl (C=O) groups is 2. The highest BCUT2D eigenvalue weighted by Crippen LogP contribution is 2.41. The van der Waals surface area contributed by atoms with Crippen molar-refractivity contribution < 1.29 is 27.5 Å². The Morgan fingerprint density at radius 3 is 2.56 bits per heavy atom. The number of anilines is 1. The van der Waals surface area contributed by atoms with Crippen LogP contribution in [0.1, 0.15) is 52.1 Å². The normalized spacial score (nSPS) is 15.3. The number of alkyl halides is 3. The second-order valence-corrected chi connectivity index (χ2v) is 9.49. The third-order valence-electron chi connectivity index (χ3n) is 6.34. The number of amides is 2. The molecule has 1 fully saturated rings. The van der Waals surface area contributed by atoms with Crippen molar-refractivity contribution in [1.29, 1.82) is 5.26 Å². The molecule has 0 aliphatic carbocycles. The van der Waals surface area contributed by atoms with Gasteiger partial charge in [0.25, 0.3) is 11.8 Å². The molecule has 0 bridgehead atoms. The molecule has 1 aliphatic rings. The summed E-state index contributed by atoms with van der Waals surface area (Å²) in [7, 11) is 1.43. The van der Waals surface area contributed by atoms with Crippen LogP contribution < -0.4 is 25.8 Å². The van der Waals surface area contributed by atoms with Crippen LogP contribution in [0, 0.1) is 11.3 Å². The van der Waals surface area contributed by atoms with Crippen molar-refractivity contribution in [1.82, 2.24) is 15.6 Å². The van der Waals surface area contributed by atoms with Gasteiger partial charge in [-0.3, -0.25) is 14.4 Å². The maximum Gasteiger partial charge on any atom is 0.418 e. The summed E-state index contributed by atoms with van der Waals surface area (Å²) in [6.45, 7) is 3.43. The van der Waals surface area contributed by atoms with E-state index in [1.807, 2.05) is 0 Å². The number of hydrogen-bond donors (Lipinski definition) is 3. The zero-order chi connectivity index (χ0) is 28.5. The first kappa shape index (κ1) is 27.5. The Bertz CT molecular complexity index is 1540. The minimum absolute atomic E-state index is 0.0268. The molecule has 2 aromatic carbocycles. The van der Waals surface area contributed by atoms with Gasteiger partial charge in [0.2, 0.25) is 5.56 Å². The van der Waals surface area contributed by atoms with Crippen LogP contribution in [-0.2, 0) is 6.18 Å². The Morgan fingerprint density at radius 1 is 1.18 bits per heavy atom. The lowest BCUT2D eigenvalue weighted by atomic mass is 10.0. The van der Waals surface area contributed by atoms with Gasteiger partial charge in [-0.05, 0) is 44.5 Å². The maximum atomic E-state index is 14.1. The number of aromatic nitrogens is 1. The second-order valence-electron chi connectivity index (χ2n) is 9.49. The molecule has 3 aromatic rings. The number of nitrogens with one attached hydrogen (secondary N) is 3. The number of nitriles is 1. The zero-order valence-electron chi connectivity index (χ0n) is 21.4. The van der Waals surface area contributed by atoms with Gasteiger partial charge in [0.1, 0.15) is 5.75 Å². The molecule has 2 heterocycles. The van der Waals surface area contributed by atoms with E-state index in [0.29, 0.717) is 16.7 Å². The molecule has 1 aliphatic heterocycles. The van der Waals surface area contributed by atoms with E-state index < -0.39 is 35.2 Å². The Hall–Kier alpha value is -4.53. The summed E-state index contributed by atoms with van der Waals surface area (Å²) in [4.78, 5) is 42.4. The van der Waals surface area contributed by atoms with Crippen molar-refractivity contribution in [2.45, 2.75) is 38.5 Å². The molecule has 12 heteroatoms. The number of halogens is 3. The first-order valence-electron chi connectivity index (χ1n) is 12.1. The molecule has 1 aromatic heterocycles. The van der Waals surface area contributed by atoms with Crippen LogP contribution >= 0.6 is 0 Å². The number of H-pyrrole nitrogens is 1. The Balaban J connectivity index is 1.68. The fourth-order valence-electron chi connectivity index (χ4n) is 4.75. The monoisotopic (exact) mass is 541 g/mol. The van der Waals surface area contributed by atoms with Crippen molar-refractivity contribution in [3.8, 4) is 11.8 Å². The molecule has 1 saturated heterocycles. The van der Waals surface area contributed by atoms with Crippen LogP contribution in [0.5, 0.6) is 5.75 Å². The van der Waals surface area contributed by atoms with Gasteiger partial charge in [0, 0.05) is 31.2 Å². The molecule has 0 unspecified atom stereocenters. The summed E-state index contributed by atoms with van der Waals surface area (Å²) in [6.07, 6.45) is -4.55. The minimum Gasteiger partial charge on any atom is -0.496 e. The first-order chi connectivity index (χ1) is 18.4. The molecule has 0 radical (unpaired) electrons. The Labute approximate surface area is 221 Å². The second kappa shape index (κ2) is 10.7. The highest BCUT2D eigenvalue weighted by Gasteiger charge is 2.40. The number of hydrogen-bond acceptors (Lipinski definition) is 6. The Morgan fingerprint density at radius 2 is 1.92 bits per heavy atom. The van der Waals surface area contributed by atoms with Gasteiger partial charge in [0.15, 0.2) is 0 Å². The molecular formula is C27H26F3N5O4. The van der Waals surface area contributed by atoms with E-state index in [1.165, 1.54) is 12.0 Å². The standard InChI is InChI=1S/C27H26F3N5O4/c1-14(2)32-26(38)18-9-15(12-31)10-19(27(28,29)30)24(18)35-8-7-16(13-35)33-25(37)17-11-22(36)34-20-5-4-6-21(39-3)23(17)20/h4-6,9-11,14,16H,7-8,13H2,1-3H3,(H,32,38)(H,33,37)(H,34,36)/t16-/m1/s1. The van der Waals surface area contributed by atoms with E-state index in [9.17, 15) is 32.8 Å². The molecule has 4 rings (SSSR count). The van der Waals surface area contributed by atoms with E-state index >= 15 is 0 Å². The van der Waals surface area contributed by atoms with Gasteiger partial charge < -0.3 is 25.3 Å². The van der Waals surface area contributed by atoms with E-state index in [-0.39, 0.29) is 47.9 Å². The lowest BCUT2D eigenvalue weighted by Crippen LogP contribution is -2.38. The number of ether oxygens (including phenoxy) is 1. The topological polar surface area (TPSA) is 127 Å². The largest absolute Gasteiger partial charge is 0.496 e. The quantitative estimate of drug-likeness (QED) is 0.438. The smallest absolute Gasteiger partial charge is 0.418 e. The summed E-state index contributed by atoms with van der Waals surface area (Å²) in [5.41, 5.74) is -2.05. The number of carbonyl (C=O) groups excluding carboxylic acids is 2. The predicted molar refractivity (Wildman–Crippen MR) is 138 cm³/mol. The highest BCUT2D eigenvalue weighted by molar-refractivity contribution is 6.08. The van der Waals surface area contributed by atoms with Crippen molar-refractivity contribution in [3.63, 3.8) is 0 Å². The van der Waals surface area contributed by atoms with Crippen LogP contribution in [0.3, 0.4) is 0 Å². The lowest BCUT2D eigenvalue weighted by Gasteiger charge is -2.26. The van der Waals surface area contributed by atoms with E-state index in [2.05, 4.69) is 15.6 Å². The first-order valence-corrected chi connectivity index (χ1v) is 12.1. The third kappa shape index (κ3) is 5.67. The fourth-order valence-corrected chi connectivity index (χ4v) is 4.75. The average molecular weight is 542 g/mol. The minimum atomic E-state index is -4.84. The molecule has 204 valence electrons. The summed E-state index contributed by atoms with van der Waals surface area (Å²) in [5.74, 6) is -0.955. The Kier molecular flexibility index (Phi) is 7.53. The molecule has 2 amide bonds. The van der Waals surface area contributed by atoms with Gasteiger partial charge in [-0.2, -0.15) is 18.4 Å². The third-order valence-corrected chi connectivity index (χ3v) is 6.34. The van der Waals surface area contributed by atoms with Crippen molar-refractivity contribution in [2.75, 3.05) is 25.1 Å². The number of rotatable bonds is 6. The number of nitrogens with zero attached hydrogens (tertiary/aromatic N) is 2. The number of methoxy groups -OCH3 is 1. The molecule has 0 spiro atoms. The number of aromatic amines is 1. The van der Waals surface area contributed by atoms with E-state index in [4.69, 9.17) is 4.74 Å². The summed E-state index contributed by atoms with van der Waals surface area (Å²) >= 11 is 0. The van der Waals surface area contributed by atoms with E-state index in [1.54, 1.807) is 38.1 Å². The molecule has 1 atom stereocenters. The van der Waals surface area contributed by atoms with Crippen molar-refractivity contribution in [2.24, 2.45) is 0 Å². The molecule has 3 N–H and O–H groups in total. The number of pyridine rings is 1. The fraction of sp³-hybridized carbons (Fsp3) is 0.333. The predicted octanol–water partition coefficient (Wildman–Crippen LogP) is 3.57. The summed E-state index contributed by atoms with van der Waals surface area (Å²) < 4.78 is 47.7. The summed E-state index contributed by atoms with van der Waals surface area (Å²) in [6, 6.07) is 8.70. The molecule has 0 saturated carbocycles. The average Bonchev–Trinajstić information content (AvgIpc) is 3.33.